The Morgan fingerprint density at radius 3 is 2.50 bits per heavy atom. The van der Waals surface area contributed by atoms with Gasteiger partial charge in [-0.25, -0.2) is 0 Å². The van der Waals surface area contributed by atoms with E-state index in [0.29, 0.717) is 12.2 Å². The van der Waals surface area contributed by atoms with Gasteiger partial charge in [-0.05, 0) is 30.9 Å². The first kappa shape index (κ1) is 11.6. The fourth-order valence-electron chi connectivity index (χ4n) is 2.17. The van der Waals surface area contributed by atoms with E-state index in [1.165, 1.54) is 11.1 Å². The van der Waals surface area contributed by atoms with Gasteiger partial charge < -0.3 is 10.1 Å². The highest BCUT2D eigenvalue weighted by atomic mass is 16.5. The molecule has 2 rings (SSSR count). The van der Waals surface area contributed by atoms with Crippen LogP contribution in [0.3, 0.4) is 0 Å². The molecule has 0 radical (unpaired) electrons. The van der Waals surface area contributed by atoms with E-state index < -0.39 is 0 Å². The summed E-state index contributed by atoms with van der Waals surface area (Å²) in [6.45, 7) is 6.26. The summed E-state index contributed by atoms with van der Waals surface area (Å²) < 4.78 is 5.88. The summed E-state index contributed by atoms with van der Waals surface area (Å²) in [4.78, 5) is 0. The predicted octanol–water partition coefficient (Wildman–Crippen LogP) is 2.17. The Morgan fingerprint density at radius 2 is 1.88 bits per heavy atom. The van der Waals surface area contributed by atoms with E-state index in [2.05, 4.69) is 43.4 Å². The topological polar surface area (TPSA) is 21.3 Å². The van der Waals surface area contributed by atoms with Gasteiger partial charge in [0.1, 0.15) is 0 Å². The van der Waals surface area contributed by atoms with Gasteiger partial charge in [-0.1, -0.05) is 31.2 Å². The maximum absolute atomic E-state index is 5.88. The van der Waals surface area contributed by atoms with Crippen LogP contribution in [-0.2, 0) is 17.6 Å². The summed E-state index contributed by atoms with van der Waals surface area (Å²) in [5, 5.41) is 3.40. The predicted molar refractivity (Wildman–Crippen MR) is 66.7 cm³/mol. The Bertz CT molecular complexity index is 320. The molecule has 1 fully saturated rings. The first-order valence-electron chi connectivity index (χ1n) is 6.22. The second-order valence-corrected chi connectivity index (χ2v) is 4.60. The van der Waals surface area contributed by atoms with Crippen molar-refractivity contribution in [1.82, 2.24) is 5.32 Å². The fraction of sp³-hybridized carbons (Fsp3) is 0.571. The molecule has 0 aliphatic carbocycles. The van der Waals surface area contributed by atoms with E-state index in [9.17, 15) is 0 Å². The first-order chi connectivity index (χ1) is 7.78. The van der Waals surface area contributed by atoms with E-state index in [-0.39, 0.29) is 0 Å². The molecule has 0 spiro atoms. The molecular formula is C14H21NO. The zero-order valence-electron chi connectivity index (χ0n) is 10.2. The van der Waals surface area contributed by atoms with Crippen LogP contribution in [0.15, 0.2) is 24.3 Å². The summed E-state index contributed by atoms with van der Waals surface area (Å²) in [7, 11) is 0. The van der Waals surface area contributed by atoms with Crippen LogP contribution in [0.5, 0.6) is 0 Å². The zero-order chi connectivity index (χ0) is 11.4. The average molecular weight is 219 g/mol. The maximum atomic E-state index is 5.88. The van der Waals surface area contributed by atoms with Crippen LogP contribution >= 0.6 is 0 Å². The van der Waals surface area contributed by atoms with Crippen molar-refractivity contribution < 1.29 is 4.74 Å². The van der Waals surface area contributed by atoms with Crippen molar-refractivity contribution in [3.05, 3.63) is 35.4 Å². The van der Waals surface area contributed by atoms with Crippen molar-refractivity contribution in [2.45, 2.75) is 38.9 Å². The van der Waals surface area contributed by atoms with Gasteiger partial charge in [-0.2, -0.15) is 0 Å². The van der Waals surface area contributed by atoms with E-state index in [4.69, 9.17) is 4.74 Å². The van der Waals surface area contributed by atoms with Crippen molar-refractivity contribution >= 4 is 0 Å². The van der Waals surface area contributed by atoms with Gasteiger partial charge in [0.05, 0.1) is 12.2 Å². The molecular weight excluding hydrogens is 198 g/mol. The largest absolute Gasteiger partial charge is 0.372 e. The molecule has 1 heterocycles. The van der Waals surface area contributed by atoms with Gasteiger partial charge in [-0.3, -0.25) is 0 Å². The second kappa shape index (κ2) is 5.46. The monoisotopic (exact) mass is 219 g/mol. The fourth-order valence-corrected chi connectivity index (χ4v) is 2.17. The summed E-state index contributed by atoms with van der Waals surface area (Å²) in [5.41, 5.74) is 2.78. The lowest BCUT2D eigenvalue weighted by molar-refractivity contribution is -0.0262. The van der Waals surface area contributed by atoms with Gasteiger partial charge in [-0.15, -0.1) is 0 Å². The maximum Gasteiger partial charge on any atom is 0.0743 e. The van der Waals surface area contributed by atoms with Crippen molar-refractivity contribution in [3.63, 3.8) is 0 Å². The lowest BCUT2D eigenvalue weighted by Crippen LogP contribution is -2.44. The Hall–Kier alpha value is -0.860. The molecule has 0 amide bonds. The molecule has 2 unspecified atom stereocenters. The van der Waals surface area contributed by atoms with Gasteiger partial charge >= 0.3 is 0 Å². The van der Waals surface area contributed by atoms with Crippen LogP contribution in [-0.4, -0.2) is 25.3 Å². The van der Waals surface area contributed by atoms with Crippen LogP contribution in [0.1, 0.15) is 25.0 Å². The molecule has 0 saturated carbocycles. The van der Waals surface area contributed by atoms with Crippen LogP contribution in [0.2, 0.25) is 0 Å². The molecule has 2 heteroatoms. The Labute approximate surface area is 98.0 Å². The summed E-state index contributed by atoms with van der Waals surface area (Å²) >= 11 is 0. The van der Waals surface area contributed by atoms with Crippen LogP contribution < -0.4 is 5.32 Å². The number of nitrogens with one attached hydrogen (secondary N) is 1. The molecule has 0 aromatic heterocycles. The van der Waals surface area contributed by atoms with E-state index in [0.717, 1.165) is 25.9 Å². The van der Waals surface area contributed by atoms with Crippen molar-refractivity contribution in [2.24, 2.45) is 0 Å². The number of aryl methyl sites for hydroxylation is 1. The molecule has 1 N–H and O–H groups in total. The standard InChI is InChI=1S/C14H21NO/c1-3-12-4-6-13(7-5-12)8-14-10-15-9-11(2)16-14/h4-7,11,14-15H,3,8-10H2,1-2H3. The lowest BCUT2D eigenvalue weighted by atomic mass is 10.0. The molecule has 0 bridgehead atoms. The quantitative estimate of drug-likeness (QED) is 0.841. The van der Waals surface area contributed by atoms with Gasteiger partial charge in [0.15, 0.2) is 0 Å². The summed E-state index contributed by atoms with van der Waals surface area (Å²) in [5.74, 6) is 0. The number of rotatable bonds is 3. The molecule has 1 aliphatic heterocycles. The number of hydrogen-bond acceptors (Lipinski definition) is 2. The third-order valence-electron chi connectivity index (χ3n) is 3.12. The lowest BCUT2D eigenvalue weighted by Gasteiger charge is -2.28. The van der Waals surface area contributed by atoms with Crippen LogP contribution in [0.4, 0.5) is 0 Å². The molecule has 1 saturated heterocycles. The SMILES string of the molecule is CCc1ccc(CC2CNCC(C)O2)cc1. The third kappa shape index (κ3) is 3.06. The molecule has 88 valence electrons. The molecule has 1 aromatic rings. The normalized spacial score (nSPS) is 25.6. The van der Waals surface area contributed by atoms with Crippen LogP contribution in [0.25, 0.3) is 0 Å². The van der Waals surface area contributed by atoms with Gasteiger partial charge in [0, 0.05) is 13.1 Å². The van der Waals surface area contributed by atoms with E-state index in [1.807, 2.05) is 0 Å². The highest BCUT2D eigenvalue weighted by molar-refractivity contribution is 5.23. The Kier molecular flexibility index (Phi) is 3.97. The number of morpholine rings is 1. The van der Waals surface area contributed by atoms with Crippen molar-refractivity contribution in [1.29, 1.82) is 0 Å². The highest BCUT2D eigenvalue weighted by Crippen LogP contribution is 2.12. The Balaban J connectivity index is 1.92. The van der Waals surface area contributed by atoms with Gasteiger partial charge in [0.25, 0.3) is 0 Å². The van der Waals surface area contributed by atoms with Crippen LogP contribution in [0, 0.1) is 0 Å². The third-order valence-corrected chi connectivity index (χ3v) is 3.12. The van der Waals surface area contributed by atoms with E-state index >= 15 is 0 Å². The first-order valence-corrected chi connectivity index (χ1v) is 6.22. The minimum absolute atomic E-state index is 0.330. The minimum Gasteiger partial charge on any atom is -0.372 e. The molecule has 2 atom stereocenters. The highest BCUT2D eigenvalue weighted by Gasteiger charge is 2.18. The molecule has 16 heavy (non-hydrogen) atoms. The number of benzene rings is 1. The molecule has 2 nitrogen and oxygen atoms in total. The number of ether oxygens (including phenoxy) is 1. The summed E-state index contributed by atoms with van der Waals surface area (Å²) in [6, 6.07) is 8.88. The average Bonchev–Trinajstić information content (AvgIpc) is 2.30. The van der Waals surface area contributed by atoms with Crippen molar-refractivity contribution in [2.75, 3.05) is 13.1 Å². The molecule has 1 aliphatic rings. The molecule has 1 aromatic carbocycles. The number of hydrogen-bond donors (Lipinski definition) is 1. The summed E-state index contributed by atoms with van der Waals surface area (Å²) in [6.07, 6.45) is 2.80. The smallest absolute Gasteiger partial charge is 0.0743 e. The van der Waals surface area contributed by atoms with E-state index in [1.54, 1.807) is 0 Å². The van der Waals surface area contributed by atoms with Gasteiger partial charge in [0.2, 0.25) is 0 Å². The Morgan fingerprint density at radius 1 is 1.19 bits per heavy atom. The van der Waals surface area contributed by atoms with Crippen molar-refractivity contribution in [3.8, 4) is 0 Å². The zero-order valence-corrected chi connectivity index (χ0v) is 10.2. The minimum atomic E-state index is 0.330. The second-order valence-electron chi connectivity index (χ2n) is 4.60.